The van der Waals surface area contributed by atoms with Crippen LogP contribution < -0.4 is 15.2 Å². The van der Waals surface area contributed by atoms with Gasteiger partial charge in [-0.2, -0.15) is 0 Å². The second-order valence-electron chi connectivity index (χ2n) is 4.09. The number of hydrogen-bond donors (Lipinski definition) is 1. The average molecular weight is 322 g/mol. The molecule has 100 valence electrons. The lowest BCUT2D eigenvalue weighted by Gasteiger charge is -2.18. The maximum absolute atomic E-state index is 6.31. The quantitative estimate of drug-likeness (QED) is 0.937. The number of methoxy groups -OCH3 is 2. The van der Waals surface area contributed by atoms with E-state index in [4.69, 9.17) is 15.2 Å². The number of nitrogens with two attached hydrogens (primary N) is 1. The van der Waals surface area contributed by atoms with E-state index < -0.39 is 0 Å². The van der Waals surface area contributed by atoms with Crippen LogP contribution in [0.3, 0.4) is 0 Å². The van der Waals surface area contributed by atoms with Crippen molar-refractivity contribution in [1.82, 2.24) is 0 Å². The van der Waals surface area contributed by atoms with Crippen molar-refractivity contribution < 1.29 is 9.47 Å². The van der Waals surface area contributed by atoms with Gasteiger partial charge in [0.15, 0.2) is 0 Å². The van der Waals surface area contributed by atoms with E-state index in [1.807, 2.05) is 42.5 Å². The van der Waals surface area contributed by atoms with Crippen LogP contribution in [0.1, 0.15) is 17.2 Å². The highest BCUT2D eigenvalue weighted by Gasteiger charge is 2.18. The number of ether oxygens (including phenoxy) is 2. The molecule has 4 heteroatoms. The van der Waals surface area contributed by atoms with Gasteiger partial charge >= 0.3 is 0 Å². The highest BCUT2D eigenvalue weighted by molar-refractivity contribution is 9.10. The summed E-state index contributed by atoms with van der Waals surface area (Å²) < 4.78 is 11.5. The van der Waals surface area contributed by atoms with Gasteiger partial charge in [0.05, 0.1) is 20.3 Å². The largest absolute Gasteiger partial charge is 0.495 e. The highest BCUT2D eigenvalue weighted by atomic mass is 79.9. The summed E-state index contributed by atoms with van der Waals surface area (Å²) in [6.45, 7) is 0. The third kappa shape index (κ3) is 2.74. The molecule has 0 aliphatic rings. The van der Waals surface area contributed by atoms with E-state index in [-0.39, 0.29) is 6.04 Å². The minimum absolute atomic E-state index is 0.238. The third-order valence-electron chi connectivity index (χ3n) is 3.01. The van der Waals surface area contributed by atoms with Gasteiger partial charge in [0.1, 0.15) is 16.0 Å². The molecule has 0 aromatic heterocycles. The Labute approximate surface area is 121 Å². The van der Waals surface area contributed by atoms with Crippen LogP contribution in [0.15, 0.2) is 46.9 Å². The maximum Gasteiger partial charge on any atom is 0.141 e. The normalized spacial score (nSPS) is 12.0. The van der Waals surface area contributed by atoms with E-state index in [9.17, 15) is 0 Å². The first-order valence-corrected chi connectivity index (χ1v) is 6.69. The van der Waals surface area contributed by atoms with Crippen molar-refractivity contribution in [2.45, 2.75) is 6.04 Å². The molecule has 2 aromatic rings. The van der Waals surface area contributed by atoms with E-state index >= 15 is 0 Å². The van der Waals surface area contributed by atoms with Crippen LogP contribution in [-0.2, 0) is 0 Å². The van der Waals surface area contributed by atoms with Crippen molar-refractivity contribution in [3.8, 4) is 11.5 Å². The first kappa shape index (κ1) is 13.9. The summed E-state index contributed by atoms with van der Waals surface area (Å²) >= 11 is 3.49. The zero-order valence-corrected chi connectivity index (χ0v) is 12.5. The van der Waals surface area contributed by atoms with Gasteiger partial charge in [-0.3, -0.25) is 0 Å². The molecular weight excluding hydrogens is 306 g/mol. The fourth-order valence-corrected chi connectivity index (χ4v) is 2.69. The number of hydrogen-bond acceptors (Lipinski definition) is 3. The lowest BCUT2D eigenvalue weighted by Crippen LogP contribution is -2.13. The van der Waals surface area contributed by atoms with E-state index in [1.165, 1.54) is 0 Å². The van der Waals surface area contributed by atoms with E-state index in [1.54, 1.807) is 14.2 Å². The first-order chi connectivity index (χ1) is 9.19. The predicted molar refractivity (Wildman–Crippen MR) is 79.7 cm³/mol. The first-order valence-electron chi connectivity index (χ1n) is 5.90. The molecule has 0 aliphatic carbocycles. The zero-order chi connectivity index (χ0) is 13.8. The van der Waals surface area contributed by atoms with Crippen LogP contribution in [0.5, 0.6) is 11.5 Å². The highest BCUT2D eigenvalue weighted by Crippen LogP contribution is 2.40. The standard InChI is InChI=1S/C15H16BrNO2/c1-18-12-9-8-11(15(19-2)13(12)16)14(17)10-6-4-3-5-7-10/h3-9,14H,17H2,1-2H3. The Balaban J connectivity index is 2.48. The van der Waals surface area contributed by atoms with Gasteiger partial charge in [-0.15, -0.1) is 0 Å². The van der Waals surface area contributed by atoms with Crippen molar-refractivity contribution in [3.63, 3.8) is 0 Å². The average Bonchev–Trinajstić information content (AvgIpc) is 2.47. The molecule has 0 saturated carbocycles. The Morgan fingerprint density at radius 1 is 1.00 bits per heavy atom. The molecule has 2 rings (SSSR count). The maximum atomic E-state index is 6.31. The summed E-state index contributed by atoms with van der Waals surface area (Å²) in [5, 5.41) is 0. The molecule has 2 aromatic carbocycles. The van der Waals surface area contributed by atoms with Crippen molar-refractivity contribution >= 4 is 15.9 Å². The number of benzene rings is 2. The SMILES string of the molecule is COc1ccc(C(N)c2ccccc2)c(OC)c1Br. The topological polar surface area (TPSA) is 44.5 Å². The smallest absolute Gasteiger partial charge is 0.141 e. The van der Waals surface area contributed by atoms with Crippen LogP contribution in [0.25, 0.3) is 0 Å². The van der Waals surface area contributed by atoms with Crippen molar-refractivity contribution in [2.24, 2.45) is 5.73 Å². The molecule has 0 radical (unpaired) electrons. The molecule has 0 fully saturated rings. The predicted octanol–water partition coefficient (Wildman–Crippen LogP) is 3.51. The summed E-state index contributed by atoms with van der Waals surface area (Å²) in [5.74, 6) is 1.43. The Morgan fingerprint density at radius 3 is 2.26 bits per heavy atom. The molecular formula is C15H16BrNO2. The molecule has 0 saturated heterocycles. The van der Waals surface area contributed by atoms with Gasteiger partial charge in [0.2, 0.25) is 0 Å². The van der Waals surface area contributed by atoms with Crippen LogP contribution in [0.4, 0.5) is 0 Å². The molecule has 1 unspecified atom stereocenters. The van der Waals surface area contributed by atoms with Gasteiger partial charge in [0, 0.05) is 5.56 Å². The van der Waals surface area contributed by atoms with Crippen LogP contribution >= 0.6 is 15.9 Å². The van der Waals surface area contributed by atoms with Gasteiger partial charge in [-0.1, -0.05) is 30.3 Å². The Bertz CT molecular complexity index is 558. The molecule has 3 nitrogen and oxygen atoms in total. The summed E-state index contributed by atoms with van der Waals surface area (Å²) in [6.07, 6.45) is 0. The molecule has 0 bridgehead atoms. The lowest BCUT2D eigenvalue weighted by atomic mass is 9.98. The van der Waals surface area contributed by atoms with Crippen molar-refractivity contribution in [2.75, 3.05) is 14.2 Å². The monoisotopic (exact) mass is 321 g/mol. The molecule has 0 heterocycles. The van der Waals surface area contributed by atoms with Crippen LogP contribution in [0, 0.1) is 0 Å². The fraction of sp³-hybridized carbons (Fsp3) is 0.200. The summed E-state index contributed by atoms with van der Waals surface area (Å²) in [6, 6.07) is 13.5. The van der Waals surface area contributed by atoms with Gasteiger partial charge in [0.25, 0.3) is 0 Å². The molecule has 0 amide bonds. The Kier molecular flexibility index (Phi) is 4.45. The van der Waals surface area contributed by atoms with E-state index in [2.05, 4.69) is 15.9 Å². The number of halogens is 1. The van der Waals surface area contributed by atoms with Gasteiger partial charge < -0.3 is 15.2 Å². The summed E-state index contributed by atoms with van der Waals surface area (Å²) in [4.78, 5) is 0. The minimum atomic E-state index is -0.238. The van der Waals surface area contributed by atoms with Crippen molar-refractivity contribution in [3.05, 3.63) is 58.1 Å². The lowest BCUT2D eigenvalue weighted by molar-refractivity contribution is 0.385. The molecule has 0 aliphatic heterocycles. The molecule has 0 spiro atoms. The fourth-order valence-electron chi connectivity index (χ4n) is 2.00. The molecule has 1 atom stereocenters. The van der Waals surface area contributed by atoms with Crippen molar-refractivity contribution in [1.29, 1.82) is 0 Å². The Morgan fingerprint density at radius 2 is 1.68 bits per heavy atom. The second-order valence-corrected chi connectivity index (χ2v) is 4.89. The van der Waals surface area contributed by atoms with Gasteiger partial charge in [-0.25, -0.2) is 0 Å². The minimum Gasteiger partial charge on any atom is -0.495 e. The van der Waals surface area contributed by atoms with E-state index in [0.29, 0.717) is 5.75 Å². The zero-order valence-electron chi connectivity index (χ0n) is 10.9. The summed E-state index contributed by atoms with van der Waals surface area (Å²) in [7, 11) is 3.25. The van der Waals surface area contributed by atoms with Crippen LogP contribution in [0.2, 0.25) is 0 Å². The van der Waals surface area contributed by atoms with Crippen LogP contribution in [-0.4, -0.2) is 14.2 Å². The summed E-state index contributed by atoms with van der Waals surface area (Å²) in [5.41, 5.74) is 8.27. The van der Waals surface area contributed by atoms with E-state index in [0.717, 1.165) is 21.3 Å². The molecule has 2 N–H and O–H groups in total. The van der Waals surface area contributed by atoms with Gasteiger partial charge in [-0.05, 0) is 33.6 Å². The third-order valence-corrected chi connectivity index (χ3v) is 3.76. The molecule has 19 heavy (non-hydrogen) atoms. The number of rotatable bonds is 4. The Hall–Kier alpha value is -1.52. The second kappa shape index (κ2) is 6.08.